The van der Waals surface area contributed by atoms with Crippen molar-refractivity contribution in [1.82, 2.24) is 20.1 Å². The second kappa shape index (κ2) is 11.4. The van der Waals surface area contributed by atoms with E-state index in [-0.39, 0.29) is 5.56 Å². The fourth-order valence-electron chi connectivity index (χ4n) is 5.13. The third-order valence-corrected chi connectivity index (χ3v) is 7.33. The fraction of sp³-hybridized carbons (Fsp3) is 0.615. The van der Waals surface area contributed by atoms with Crippen LogP contribution in [-0.4, -0.2) is 65.3 Å². The quantitative estimate of drug-likeness (QED) is 0.599. The van der Waals surface area contributed by atoms with Gasteiger partial charge in [-0.2, -0.15) is 0 Å². The van der Waals surface area contributed by atoms with Crippen LogP contribution in [0.2, 0.25) is 0 Å². The molecule has 2 N–H and O–H groups in total. The molecule has 0 radical (unpaired) electrons. The average Bonchev–Trinajstić information content (AvgIpc) is 2.80. The van der Waals surface area contributed by atoms with Crippen LogP contribution < -0.4 is 10.9 Å². The Morgan fingerprint density at radius 2 is 1.94 bits per heavy atom. The van der Waals surface area contributed by atoms with Crippen molar-refractivity contribution in [3.63, 3.8) is 0 Å². The minimum atomic E-state index is -0.0203. The Morgan fingerprint density at radius 3 is 2.70 bits per heavy atom. The summed E-state index contributed by atoms with van der Waals surface area (Å²) in [7, 11) is 0. The Kier molecular flexibility index (Phi) is 8.39. The smallest absolute Gasteiger partial charge is 0.253 e. The summed E-state index contributed by atoms with van der Waals surface area (Å²) >= 11 is 5.87. The molecule has 7 heteroatoms. The van der Waals surface area contributed by atoms with Crippen molar-refractivity contribution in [2.24, 2.45) is 0 Å². The molecular weight excluding hydrogens is 432 g/mol. The number of aromatic amines is 1. The van der Waals surface area contributed by atoms with E-state index in [9.17, 15) is 4.79 Å². The van der Waals surface area contributed by atoms with Crippen LogP contribution in [0.4, 0.5) is 0 Å². The molecule has 33 heavy (non-hydrogen) atoms. The average molecular weight is 471 g/mol. The molecule has 1 aromatic heterocycles. The Balaban J connectivity index is 1.49. The van der Waals surface area contributed by atoms with Crippen molar-refractivity contribution in [2.75, 3.05) is 39.4 Å². The van der Waals surface area contributed by atoms with Crippen molar-refractivity contribution in [3.05, 3.63) is 45.2 Å². The van der Waals surface area contributed by atoms with Gasteiger partial charge in [-0.25, -0.2) is 0 Å². The van der Waals surface area contributed by atoms with Crippen LogP contribution in [0.15, 0.2) is 23.0 Å². The highest BCUT2D eigenvalue weighted by Crippen LogP contribution is 2.20. The Morgan fingerprint density at radius 1 is 1.18 bits per heavy atom. The number of hydrogen-bond donors (Lipinski definition) is 2. The van der Waals surface area contributed by atoms with Crippen molar-refractivity contribution < 1.29 is 4.74 Å². The summed E-state index contributed by atoms with van der Waals surface area (Å²) < 4.78 is 5.47. The molecule has 2 heterocycles. The number of thiocarbonyl (C=S) groups is 1. The molecule has 1 aliphatic carbocycles. The van der Waals surface area contributed by atoms with E-state index >= 15 is 0 Å². The van der Waals surface area contributed by atoms with E-state index in [1.807, 2.05) is 13.0 Å². The van der Waals surface area contributed by atoms with E-state index in [1.54, 1.807) is 0 Å². The second-order valence-corrected chi connectivity index (χ2v) is 10.1. The zero-order chi connectivity index (χ0) is 23.2. The van der Waals surface area contributed by atoms with Gasteiger partial charge in [0.15, 0.2) is 5.11 Å². The van der Waals surface area contributed by atoms with Crippen molar-refractivity contribution in [3.8, 4) is 0 Å². The number of aromatic nitrogens is 1. The first-order valence-corrected chi connectivity index (χ1v) is 12.9. The van der Waals surface area contributed by atoms with Crippen LogP contribution in [0.5, 0.6) is 0 Å². The van der Waals surface area contributed by atoms with E-state index in [1.165, 1.54) is 37.7 Å². The number of morpholine rings is 1. The monoisotopic (exact) mass is 470 g/mol. The standard InChI is InChI=1S/C26H38N4O2S/c1-19-15-20(2)24-21(16-19)17-22(25(31)28-24)18-30(10-6-9-29-11-13-32-14-12-29)26(33)27-23-7-4-3-5-8-23/h15-17,23H,3-14,18H2,1-2H3,(H,27,33)(H,28,31). The molecule has 0 bridgehead atoms. The molecule has 1 aliphatic heterocycles. The van der Waals surface area contributed by atoms with E-state index in [4.69, 9.17) is 17.0 Å². The molecule has 1 aromatic carbocycles. The minimum Gasteiger partial charge on any atom is -0.379 e. The molecule has 1 saturated heterocycles. The van der Waals surface area contributed by atoms with Crippen LogP contribution in [0.3, 0.4) is 0 Å². The summed E-state index contributed by atoms with van der Waals surface area (Å²) in [4.78, 5) is 20.7. The summed E-state index contributed by atoms with van der Waals surface area (Å²) in [6.07, 6.45) is 7.21. The van der Waals surface area contributed by atoms with Gasteiger partial charge < -0.3 is 19.9 Å². The molecule has 0 atom stereocenters. The lowest BCUT2D eigenvalue weighted by Gasteiger charge is -2.32. The van der Waals surface area contributed by atoms with Crippen LogP contribution in [-0.2, 0) is 11.3 Å². The van der Waals surface area contributed by atoms with Crippen LogP contribution >= 0.6 is 12.2 Å². The molecule has 4 rings (SSSR count). The number of hydrogen-bond acceptors (Lipinski definition) is 4. The highest BCUT2D eigenvalue weighted by molar-refractivity contribution is 7.80. The number of nitrogens with zero attached hydrogens (tertiary/aromatic N) is 2. The van der Waals surface area contributed by atoms with Crippen molar-refractivity contribution >= 4 is 28.2 Å². The van der Waals surface area contributed by atoms with Crippen molar-refractivity contribution in [2.45, 2.75) is 65.0 Å². The summed E-state index contributed by atoms with van der Waals surface area (Å²) in [5, 5.41) is 5.48. The van der Waals surface area contributed by atoms with E-state index in [0.717, 1.165) is 73.0 Å². The van der Waals surface area contributed by atoms with Gasteiger partial charge in [-0.3, -0.25) is 9.69 Å². The number of nitrogens with one attached hydrogen (secondary N) is 2. The molecule has 2 fully saturated rings. The van der Waals surface area contributed by atoms with Crippen LogP contribution in [0.25, 0.3) is 10.9 Å². The molecule has 180 valence electrons. The summed E-state index contributed by atoms with van der Waals surface area (Å²) in [6.45, 7) is 10.2. The van der Waals surface area contributed by atoms with Gasteiger partial charge in [0.2, 0.25) is 0 Å². The number of ether oxygens (including phenoxy) is 1. The van der Waals surface area contributed by atoms with Crippen molar-refractivity contribution in [1.29, 1.82) is 0 Å². The van der Waals surface area contributed by atoms with Gasteiger partial charge in [0.25, 0.3) is 5.56 Å². The predicted molar refractivity (Wildman–Crippen MR) is 139 cm³/mol. The van der Waals surface area contributed by atoms with Crippen LogP contribution in [0, 0.1) is 13.8 Å². The topological polar surface area (TPSA) is 60.6 Å². The first kappa shape index (κ1) is 24.2. The van der Waals surface area contributed by atoms with E-state index in [0.29, 0.717) is 12.6 Å². The number of pyridine rings is 1. The molecule has 2 aliphatic rings. The maximum Gasteiger partial charge on any atom is 0.253 e. The summed E-state index contributed by atoms with van der Waals surface area (Å²) in [5.41, 5.74) is 3.98. The number of aryl methyl sites for hydroxylation is 2. The largest absolute Gasteiger partial charge is 0.379 e. The second-order valence-electron chi connectivity index (χ2n) is 9.68. The Hall–Kier alpha value is -1.96. The number of fused-ring (bicyclic) bond motifs is 1. The SMILES string of the molecule is Cc1cc(C)c2[nH]c(=O)c(CN(CCCN3CCOCC3)C(=S)NC3CCCCC3)cc2c1. The molecule has 6 nitrogen and oxygen atoms in total. The highest BCUT2D eigenvalue weighted by atomic mass is 32.1. The lowest BCUT2D eigenvalue weighted by Crippen LogP contribution is -2.46. The van der Waals surface area contributed by atoms with Gasteiger partial charge in [0.05, 0.1) is 25.3 Å². The third-order valence-electron chi connectivity index (χ3n) is 6.96. The molecule has 0 unspecified atom stereocenters. The van der Waals surface area contributed by atoms with Gasteiger partial charge in [0, 0.05) is 37.8 Å². The van der Waals surface area contributed by atoms with Gasteiger partial charge in [0.1, 0.15) is 0 Å². The molecular formula is C26H38N4O2S. The van der Waals surface area contributed by atoms with Gasteiger partial charge >= 0.3 is 0 Å². The number of H-pyrrole nitrogens is 1. The van der Waals surface area contributed by atoms with Gasteiger partial charge in [-0.15, -0.1) is 0 Å². The fourth-order valence-corrected chi connectivity index (χ4v) is 5.45. The lowest BCUT2D eigenvalue weighted by molar-refractivity contribution is 0.0367. The maximum absolute atomic E-state index is 13.0. The zero-order valence-electron chi connectivity index (χ0n) is 20.1. The van der Waals surface area contributed by atoms with E-state index < -0.39 is 0 Å². The normalized spacial score (nSPS) is 17.9. The lowest BCUT2D eigenvalue weighted by atomic mass is 9.96. The van der Waals surface area contributed by atoms with Gasteiger partial charge in [-0.05, 0) is 68.4 Å². The summed E-state index contributed by atoms with van der Waals surface area (Å²) in [6, 6.07) is 6.75. The number of rotatable bonds is 7. The Bertz CT molecular complexity index is 1010. The highest BCUT2D eigenvalue weighted by Gasteiger charge is 2.19. The number of benzene rings is 1. The summed E-state index contributed by atoms with van der Waals surface area (Å²) in [5.74, 6) is 0. The molecule has 0 amide bonds. The molecule has 1 saturated carbocycles. The zero-order valence-corrected chi connectivity index (χ0v) is 20.9. The predicted octanol–water partition coefficient (Wildman–Crippen LogP) is 3.88. The van der Waals surface area contributed by atoms with Crippen LogP contribution in [0.1, 0.15) is 55.2 Å². The molecule has 0 spiro atoms. The third kappa shape index (κ3) is 6.55. The first-order chi connectivity index (χ1) is 16.0. The van der Waals surface area contributed by atoms with Gasteiger partial charge in [-0.1, -0.05) is 30.9 Å². The maximum atomic E-state index is 13.0. The van der Waals surface area contributed by atoms with E-state index in [2.05, 4.69) is 39.2 Å². The Labute approximate surface area is 202 Å². The minimum absolute atomic E-state index is 0.0203. The first-order valence-electron chi connectivity index (χ1n) is 12.5. The molecule has 2 aromatic rings.